The first-order valence-electron chi connectivity index (χ1n) is 8.70. The number of nitrogens with one attached hydrogen (secondary N) is 1. The molecule has 2 aromatic heterocycles. The van der Waals surface area contributed by atoms with Gasteiger partial charge in [0, 0.05) is 23.3 Å². The maximum atomic E-state index is 12.3. The highest BCUT2D eigenvalue weighted by molar-refractivity contribution is 7.16. The molecule has 3 heterocycles. The first-order valence-corrected chi connectivity index (χ1v) is 9.96. The van der Waals surface area contributed by atoms with E-state index in [1.54, 1.807) is 0 Å². The van der Waals surface area contributed by atoms with E-state index < -0.39 is 0 Å². The van der Waals surface area contributed by atoms with Crippen molar-refractivity contribution in [1.29, 1.82) is 0 Å². The second kappa shape index (κ2) is 8.50. The summed E-state index contributed by atoms with van der Waals surface area (Å²) in [6.07, 6.45) is 1.06. The standard InChI is InChI=1S/C14H15N3O2S.C6H5Cl/c1-3-11(18)17-6-4-10(16-17)12-8(2)9-5-7-20-14(9)15-13(12)19;7-6-4-2-1-3-5-6/h5,7H,3-4,6H2,1-2H3,(H,15,19);1-5H. The molecular weight excluding hydrogens is 382 g/mol. The number of benzene rings is 1. The average molecular weight is 402 g/mol. The Morgan fingerprint density at radius 3 is 2.67 bits per heavy atom. The smallest absolute Gasteiger partial charge is 0.258 e. The second-order valence-corrected chi connectivity index (χ2v) is 7.43. The van der Waals surface area contributed by atoms with Crippen LogP contribution >= 0.6 is 22.9 Å². The first-order chi connectivity index (χ1) is 13.0. The number of halogens is 1. The predicted molar refractivity (Wildman–Crippen MR) is 112 cm³/mol. The van der Waals surface area contributed by atoms with Crippen molar-refractivity contribution < 1.29 is 4.79 Å². The summed E-state index contributed by atoms with van der Waals surface area (Å²) in [5, 5.41) is 9.59. The van der Waals surface area contributed by atoms with Crippen LogP contribution in [0.1, 0.15) is 30.9 Å². The summed E-state index contributed by atoms with van der Waals surface area (Å²) in [5.41, 5.74) is 2.14. The van der Waals surface area contributed by atoms with E-state index in [0.717, 1.165) is 20.8 Å². The lowest BCUT2D eigenvalue weighted by molar-refractivity contribution is -0.130. The Morgan fingerprint density at radius 2 is 2.04 bits per heavy atom. The Balaban J connectivity index is 0.000000253. The summed E-state index contributed by atoms with van der Waals surface area (Å²) >= 11 is 7.06. The number of carbonyl (C=O) groups excluding carboxylic acids is 1. The van der Waals surface area contributed by atoms with Crippen molar-refractivity contribution in [3.05, 3.63) is 68.3 Å². The van der Waals surface area contributed by atoms with Gasteiger partial charge >= 0.3 is 0 Å². The van der Waals surface area contributed by atoms with Gasteiger partial charge in [0.1, 0.15) is 4.83 Å². The molecule has 3 aromatic rings. The Labute approximate surface area is 166 Å². The average Bonchev–Trinajstić information content (AvgIpc) is 3.32. The molecule has 140 valence electrons. The molecule has 0 spiro atoms. The van der Waals surface area contributed by atoms with Gasteiger partial charge < -0.3 is 4.98 Å². The second-order valence-electron chi connectivity index (χ2n) is 6.08. The van der Waals surface area contributed by atoms with E-state index in [2.05, 4.69) is 10.1 Å². The molecule has 0 radical (unpaired) electrons. The van der Waals surface area contributed by atoms with Crippen LogP contribution in [0.25, 0.3) is 10.2 Å². The fourth-order valence-electron chi connectivity index (χ4n) is 2.93. The number of pyridine rings is 1. The number of aromatic amines is 1. The summed E-state index contributed by atoms with van der Waals surface area (Å²) in [6, 6.07) is 11.4. The molecule has 7 heteroatoms. The summed E-state index contributed by atoms with van der Waals surface area (Å²) in [5.74, 6) is -0.00862. The van der Waals surface area contributed by atoms with E-state index in [-0.39, 0.29) is 11.5 Å². The molecule has 0 saturated carbocycles. The SMILES string of the molecule is CCC(=O)N1CCC(c2c(C)c3ccsc3[nH]c2=O)=N1.Clc1ccccc1. The monoisotopic (exact) mass is 401 g/mol. The number of hydrogen-bond acceptors (Lipinski definition) is 4. The van der Waals surface area contributed by atoms with Gasteiger partial charge in [0.15, 0.2) is 0 Å². The highest BCUT2D eigenvalue weighted by Gasteiger charge is 2.24. The van der Waals surface area contributed by atoms with E-state index in [4.69, 9.17) is 11.6 Å². The molecule has 0 unspecified atom stereocenters. The number of aromatic nitrogens is 1. The van der Waals surface area contributed by atoms with Crippen molar-refractivity contribution >= 4 is 44.8 Å². The third kappa shape index (κ3) is 4.28. The topological polar surface area (TPSA) is 65.5 Å². The van der Waals surface area contributed by atoms with Gasteiger partial charge in [0.25, 0.3) is 5.56 Å². The Hall–Kier alpha value is -2.44. The largest absolute Gasteiger partial charge is 0.313 e. The Morgan fingerprint density at radius 1 is 1.30 bits per heavy atom. The molecule has 1 aliphatic heterocycles. The summed E-state index contributed by atoms with van der Waals surface area (Å²) in [4.78, 5) is 27.7. The van der Waals surface area contributed by atoms with Crippen molar-refractivity contribution in [2.24, 2.45) is 5.10 Å². The normalized spacial score (nSPS) is 13.3. The third-order valence-corrected chi connectivity index (χ3v) is 5.39. The van der Waals surface area contributed by atoms with Crippen molar-refractivity contribution in [3.8, 4) is 0 Å². The van der Waals surface area contributed by atoms with Crippen molar-refractivity contribution in [1.82, 2.24) is 9.99 Å². The Kier molecular flexibility index (Phi) is 6.08. The van der Waals surface area contributed by atoms with E-state index in [0.29, 0.717) is 30.7 Å². The number of nitrogens with zero attached hydrogens (tertiary/aromatic N) is 2. The lowest BCUT2D eigenvalue weighted by Gasteiger charge is -2.08. The van der Waals surface area contributed by atoms with Crippen LogP contribution < -0.4 is 5.56 Å². The van der Waals surface area contributed by atoms with Gasteiger partial charge in [-0.2, -0.15) is 5.10 Å². The van der Waals surface area contributed by atoms with E-state index in [1.165, 1.54) is 16.3 Å². The molecular formula is C20H20ClN3O2S. The lowest BCUT2D eigenvalue weighted by atomic mass is 10.0. The number of fused-ring (bicyclic) bond motifs is 1. The predicted octanol–water partition coefficient (Wildman–Crippen LogP) is 4.58. The third-order valence-electron chi connectivity index (χ3n) is 4.31. The van der Waals surface area contributed by atoms with E-state index in [1.807, 2.05) is 55.6 Å². The summed E-state index contributed by atoms with van der Waals surface area (Å²) < 4.78 is 0. The van der Waals surface area contributed by atoms with Gasteiger partial charge in [-0.1, -0.05) is 36.7 Å². The molecule has 0 saturated heterocycles. The molecule has 4 rings (SSSR count). The van der Waals surface area contributed by atoms with E-state index >= 15 is 0 Å². The minimum absolute atomic E-state index is 0.00862. The van der Waals surface area contributed by atoms with E-state index in [9.17, 15) is 9.59 Å². The van der Waals surface area contributed by atoms with Gasteiger partial charge in [-0.3, -0.25) is 9.59 Å². The van der Waals surface area contributed by atoms with Crippen LogP contribution in [-0.2, 0) is 4.79 Å². The first kappa shape index (κ1) is 19.3. The molecule has 1 amide bonds. The fourth-order valence-corrected chi connectivity index (χ4v) is 3.92. The number of rotatable bonds is 2. The number of amides is 1. The zero-order valence-corrected chi connectivity index (χ0v) is 16.7. The molecule has 1 N–H and O–H groups in total. The number of hydrazone groups is 1. The molecule has 0 fully saturated rings. The number of hydrogen-bond donors (Lipinski definition) is 1. The van der Waals surface area contributed by atoms with Crippen LogP contribution in [0.2, 0.25) is 5.02 Å². The lowest BCUT2D eigenvalue weighted by Crippen LogP contribution is -2.22. The summed E-state index contributed by atoms with van der Waals surface area (Å²) in [7, 11) is 0. The molecule has 1 aromatic carbocycles. The molecule has 27 heavy (non-hydrogen) atoms. The number of carbonyl (C=O) groups is 1. The quantitative estimate of drug-likeness (QED) is 0.682. The highest BCUT2D eigenvalue weighted by atomic mass is 35.5. The zero-order valence-electron chi connectivity index (χ0n) is 15.2. The van der Waals surface area contributed by atoms with Crippen LogP contribution in [-0.4, -0.2) is 28.2 Å². The number of aryl methyl sites for hydroxylation is 1. The minimum atomic E-state index is -0.123. The Bertz CT molecular complexity index is 1040. The van der Waals surface area contributed by atoms with Crippen LogP contribution in [0, 0.1) is 6.92 Å². The zero-order chi connectivity index (χ0) is 19.4. The van der Waals surface area contributed by atoms with Gasteiger partial charge in [-0.15, -0.1) is 11.3 Å². The fraction of sp³-hybridized carbons (Fsp3) is 0.250. The van der Waals surface area contributed by atoms with Crippen LogP contribution in [0.5, 0.6) is 0 Å². The van der Waals surface area contributed by atoms with Gasteiger partial charge in [-0.25, -0.2) is 5.01 Å². The molecule has 0 bridgehead atoms. The minimum Gasteiger partial charge on any atom is -0.313 e. The maximum Gasteiger partial charge on any atom is 0.258 e. The van der Waals surface area contributed by atoms with Crippen LogP contribution in [0.4, 0.5) is 0 Å². The number of thiophene rings is 1. The van der Waals surface area contributed by atoms with Gasteiger partial charge in [0.2, 0.25) is 5.91 Å². The summed E-state index contributed by atoms with van der Waals surface area (Å²) in [6.45, 7) is 4.31. The molecule has 1 aliphatic rings. The molecule has 5 nitrogen and oxygen atoms in total. The highest BCUT2D eigenvalue weighted by Crippen LogP contribution is 2.24. The van der Waals surface area contributed by atoms with Gasteiger partial charge in [-0.05, 0) is 36.1 Å². The van der Waals surface area contributed by atoms with Gasteiger partial charge in [0.05, 0.1) is 17.8 Å². The molecule has 0 atom stereocenters. The van der Waals surface area contributed by atoms with Crippen LogP contribution in [0.15, 0.2) is 51.7 Å². The maximum absolute atomic E-state index is 12.3. The van der Waals surface area contributed by atoms with Crippen molar-refractivity contribution in [2.75, 3.05) is 6.54 Å². The van der Waals surface area contributed by atoms with Crippen molar-refractivity contribution in [3.63, 3.8) is 0 Å². The molecule has 0 aliphatic carbocycles. The van der Waals surface area contributed by atoms with Crippen LogP contribution in [0.3, 0.4) is 0 Å². The van der Waals surface area contributed by atoms with Crippen molar-refractivity contribution in [2.45, 2.75) is 26.7 Å². The number of H-pyrrole nitrogens is 1.